The van der Waals surface area contributed by atoms with E-state index < -0.39 is 36.4 Å². The van der Waals surface area contributed by atoms with E-state index in [0.29, 0.717) is 0 Å². The number of hydrogen-bond donors (Lipinski definition) is 1. The maximum atomic E-state index is 10.1. The molecule has 0 aromatic heterocycles. The maximum Gasteiger partial charge on any atom is 2.00 e. The van der Waals surface area contributed by atoms with E-state index in [-0.39, 0.29) is 109 Å². The van der Waals surface area contributed by atoms with Crippen molar-refractivity contribution >= 4 is 55.6 Å². The van der Waals surface area contributed by atoms with Crippen LogP contribution in [0.2, 0.25) is 0 Å². The Bertz CT molecular complexity index is 247. The molecule has 0 aliphatic carbocycles. The molecule has 82 valence electrons. The van der Waals surface area contributed by atoms with E-state index >= 15 is 0 Å². The zero-order valence-corrected chi connectivity index (χ0v) is 16.4. The van der Waals surface area contributed by atoms with Crippen molar-refractivity contribution in [3.05, 3.63) is 0 Å². The van der Waals surface area contributed by atoms with E-state index in [1.807, 2.05) is 0 Å². The summed E-state index contributed by atoms with van der Waals surface area (Å²) in [6, 6.07) is 0. The van der Waals surface area contributed by atoms with Gasteiger partial charge in [-0.05, 0) is 0 Å². The molecule has 0 aliphatic rings. The Hall–Kier alpha value is 1.92. The van der Waals surface area contributed by atoms with Crippen LogP contribution in [-0.4, -0.2) is 66.4 Å². The summed E-state index contributed by atoms with van der Waals surface area (Å²) < 4.78 is 0. The largest absolute Gasteiger partial charge is 2.00 e. The van der Waals surface area contributed by atoms with Crippen LogP contribution in [0.4, 0.5) is 0 Å². The summed E-state index contributed by atoms with van der Waals surface area (Å²) in [4.78, 5) is 30.0. The number of carbonyl (C=O) groups excluding carboxylic acids is 3. The average molecular weight is 311 g/mol. The first kappa shape index (κ1) is 31.4. The molecule has 0 saturated heterocycles. The fourth-order valence-electron chi connectivity index (χ4n) is 0.684. The first-order chi connectivity index (χ1) is 5.78. The van der Waals surface area contributed by atoms with Gasteiger partial charge in [0, 0.05) is 24.8 Å². The SMILES string of the molecule is O=C([O-])CC(O)(CC(=O)[O-])C(=O)[O-].[Ca+2].[Cl-].[Na+].[Na+]. The van der Waals surface area contributed by atoms with Gasteiger partial charge in [-0.25, -0.2) is 0 Å². The quantitative estimate of drug-likeness (QED) is 0.497. The maximum absolute atomic E-state index is 10.1. The molecule has 0 bridgehead atoms. The van der Waals surface area contributed by atoms with Gasteiger partial charge in [0.2, 0.25) is 0 Å². The Labute approximate surface area is 177 Å². The molecular weight excluding hydrogens is 306 g/mol. The molecule has 0 atom stereocenters. The summed E-state index contributed by atoms with van der Waals surface area (Å²) in [5, 5.41) is 38.9. The third kappa shape index (κ3) is 14.1. The average Bonchev–Trinajstić information content (AvgIpc) is 1.82. The number of rotatable bonds is 5. The van der Waals surface area contributed by atoms with Crippen LogP contribution in [0.25, 0.3) is 0 Å². The summed E-state index contributed by atoms with van der Waals surface area (Å²) >= 11 is 0. The predicted octanol–water partition coefficient (Wildman–Crippen LogP) is -14.6. The van der Waals surface area contributed by atoms with Crippen LogP contribution in [0, 0.1) is 0 Å². The smallest absolute Gasteiger partial charge is 1.00 e. The van der Waals surface area contributed by atoms with Gasteiger partial charge in [0.1, 0.15) is 5.60 Å². The molecule has 0 radical (unpaired) electrons. The third-order valence-corrected chi connectivity index (χ3v) is 1.25. The minimum absolute atomic E-state index is 0. The standard InChI is InChI=1S/C6H8O7.Ca.ClH.2Na/c7-3(8)1-6(13,5(11)12)2-4(9)10;;;;/h13H,1-2H2,(H,7,8)(H,9,10)(H,11,12);;1H;;/q;+2;;2*+1/p-4. The van der Waals surface area contributed by atoms with Crippen molar-refractivity contribution in [3.63, 3.8) is 0 Å². The van der Waals surface area contributed by atoms with Gasteiger partial charge < -0.3 is 47.2 Å². The number of aliphatic carboxylic acids is 3. The van der Waals surface area contributed by atoms with E-state index in [1.54, 1.807) is 0 Å². The Morgan fingerprint density at radius 3 is 1.29 bits per heavy atom. The molecule has 0 unspecified atom stereocenters. The summed E-state index contributed by atoms with van der Waals surface area (Å²) in [5.74, 6) is -5.98. The molecule has 0 aromatic carbocycles. The molecule has 1 N–H and O–H groups in total. The number of aliphatic hydroxyl groups is 1. The van der Waals surface area contributed by atoms with Crippen molar-refractivity contribution in [1.29, 1.82) is 0 Å². The number of carboxylic acids is 3. The zero-order chi connectivity index (χ0) is 10.6. The number of carbonyl (C=O) groups is 3. The van der Waals surface area contributed by atoms with Crippen molar-refractivity contribution in [1.82, 2.24) is 0 Å². The summed E-state index contributed by atoms with van der Waals surface area (Å²) in [6.45, 7) is 0. The fourth-order valence-corrected chi connectivity index (χ4v) is 0.684. The summed E-state index contributed by atoms with van der Waals surface area (Å²) in [7, 11) is 0. The monoisotopic (exact) mass is 310 g/mol. The second-order valence-electron chi connectivity index (χ2n) is 2.42. The van der Waals surface area contributed by atoms with Crippen LogP contribution in [0.1, 0.15) is 12.8 Å². The molecule has 0 saturated carbocycles. The Balaban J connectivity index is -0.000000120. The van der Waals surface area contributed by atoms with Gasteiger partial charge in [-0.2, -0.15) is 0 Å². The molecule has 11 heteroatoms. The van der Waals surface area contributed by atoms with E-state index in [0.717, 1.165) is 0 Å². The van der Waals surface area contributed by atoms with Gasteiger partial charge in [0.05, 0.1) is 5.97 Å². The Morgan fingerprint density at radius 1 is 0.941 bits per heavy atom. The molecular formula is C6H5CaClNa2O7. The fraction of sp³-hybridized carbons (Fsp3) is 0.500. The van der Waals surface area contributed by atoms with Crippen LogP contribution in [0.5, 0.6) is 0 Å². The number of hydrogen-bond acceptors (Lipinski definition) is 7. The van der Waals surface area contributed by atoms with E-state index in [9.17, 15) is 29.7 Å². The second kappa shape index (κ2) is 14.3. The molecule has 0 fully saturated rings. The molecule has 0 amide bonds. The molecule has 0 rings (SSSR count). The Morgan fingerprint density at radius 2 is 1.18 bits per heavy atom. The van der Waals surface area contributed by atoms with Crippen LogP contribution < -0.4 is 86.8 Å². The van der Waals surface area contributed by atoms with Crippen molar-refractivity contribution in [2.24, 2.45) is 0 Å². The zero-order valence-electron chi connectivity index (χ0n) is 9.40. The van der Waals surface area contributed by atoms with Gasteiger partial charge in [-0.1, -0.05) is 0 Å². The molecule has 0 aromatic rings. The topological polar surface area (TPSA) is 141 Å². The van der Waals surface area contributed by atoms with Gasteiger partial charge in [-0.3, -0.25) is 0 Å². The normalized spacial score (nSPS) is 8.29. The minimum Gasteiger partial charge on any atom is -1.00 e. The van der Waals surface area contributed by atoms with Crippen molar-refractivity contribution in [2.45, 2.75) is 18.4 Å². The van der Waals surface area contributed by atoms with Gasteiger partial charge in [0.15, 0.2) is 0 Å². The van der Waals surface area contributed by atoms with Crippen LogP contribution in [-0.2, 0) is 14.4 Å². The van der Waals surface area contributed by atoms with Gasteiger partial charge in [-0.15, -0.1) is 0 Å². The van der Waals surface area contributed by atoms with Crippen molar-refractivity contribution < 1.29 is 106 Å². The molecule has 0 aliphatic heterocycles. The minimum atomic E-state index is -2.97. The Kier molecular flexibility index (Phi) is 26.4. The summed E-state index contributed by atoms with van der Waals surface area (Å²) in [5.41, 5.74) is -2.97. The van der Waals surface area contributed by atoms with Crippen LogP contribution in [0.15, 0.2) is 0 Å². The second-order valence-corrected chi connectivity index (χ2v) is 2.42. The third-order valence-electron chi connectivity index (χ3n) is 1.25. The predicted molar refractivity (Wildman–Crippen MR) is 35.0 cm³/mol. The first-order valence-corrected chi connectivity index (χ1v) is 3.11. The number of halogens is 1. The van der Waals surface area contributed by atoms with Crippen molar-refractivity contribution in [3.8, 4) is 0 Å². The van der Waals surface area contributed by atoms with Gasteiger partial charge in [0.25, 0.3) is 0 Å². The molecule has 7 nitrogen and oxygen atoms in total. The van der Waals surface area contributed by atoms with Crippen LogP contribution >= 0.6 is 0 Å². The van der Waals surface area contributed by atoms with Gasteiger partial charge >= 0.3 is 96.9 Å². The van der Waals surface area contributed by atoms with E-state index in [1.165, 1.54) is 0 Å². The molecule has 0 heterocycles. The summed E-state index contributed by atoms with van der Waals surface area (Å²) in [6.07, 6.45) is -2.72. The number of carboxylic acid groups (broad SMARTS) is 3. The van der Waals surface area contributed by atoms with Crippen LogP contribution in [0.3, 0.4) is 0 Å². The molecule has 17 heavy (non-hydrogen) atoms. The van der Waals surface area contributed by atoms with Crippen molar-refractivity contribution in [2.75, 3.05) is 0 Å². The molecule has 0 spiro atoms. The van der Waals surface area contributed by atoms with E-state index in [4.69, 9.17) is 5.11 Å². The first-order valence-electron chi connectivity index (χ1n) is 3.11. The van der Waals surface area contributed by atoms with E-state index in [2.05, 4.69) is 0 Å².